The van der Waals surface area contributed by atoms with Crippen molar-refractivity contribution in [3.05, 3.63) is 29.8 Å². The highest BCUT2D eigenvalue weighted by Gasteiger charge is 2.09. The second kappa shape index (κ2) is 13.6. The van der Waals surface area contributed by atoms with Crippen molar-refractivity contribution in [2.75, 3.05) is 61.1 Å². The number of benzene rings is 1. The molecule has 0 atom stereocenters. The van der Waals surface area contributed by atoms with Crippen LogP contribution in [0.2, 0.25) is 0 Å². The standard InChI is InChI=1S/C18H30N4O3.HI/c1-15-8-6-7-9-16(15)25-13-11-22(4)18(19-10-12-24-5)20-14-17(23)21(2)3;/h6-9H,10-14H2,1-5H3,(H,19,20);1H. The number of hydrogen-bond acceptors (Lipinski definition) is 4. The zero-order chi connectivity index (χ0) is 18.7. The van der Waals surface area contributed by atoms with E-state index < -0.39 is 0 Å². The Balaban J connectivity index is 0.00000625. The number of nitrogens with one attached hydrogen (secondary N) is 1. The maximum absolute atomic E-state index is 11.8. The molecule has 1 aromatic carbocycles. The number of methoxy groups -OCH3 is 1. The molecule has 0 aliphatic heterocycles. The molecule has 7 nitrogen and oxygen atoms in total. The number of carbonyl (C=O) groups is 1. The first-order valence-corrected chi connectivity index (χ1v) is 8.32. The number of halogens is 1. The van der Waals surface area contributed by atoms with Gasteiger partial charge in [0.2, 0.25) is 5.91 Å². The molecule has 26 heavy (non-hydrogen) atoms. The first-order chi connectivity index (χ1) is 12.0. The predicted octanol–water partition coefficient (Wildman–Crippen LogP) is 1.60. The molecule has 1 rings (SSSR count). The summed E-state index contributed by atoms with van der Waals surface area (Å²) in [6.45, 7) is 4.47. The van der Waals surface area contributed by atoms with E-state index in [0.29, 0.717) is 32.3 Å². The Kier molecular flexibility index (Phi) is 12.8. The van der Waals surface area contributed by atoms with Crippen LogP contribution < -0.4 is 10.1 Å². The summed E-state index contributed by atoms with van der Waals surface area (Å²) < 4.78 is 10.9. The largest absolute Gasteiger partial charge is 0.491 e. The van der Waals surface area contributed by atoms with Gasteiger partial charge in [0.1, 0.15) is 18.9 Å². The molecule has 0 aromatic heterocycles. The van der Waals surface area contributed by atoms with E-state index in [-0.39, 0.29) is 36.4 Å². The zero-order valence-electron chi connectivity index (χ0n) is 16.3. The molecule has 0 fully saturated rings. The Morgan fingerprint density at radius 2 is 1.88 bits per heavy atom. The summed E-state index contributed by atoms with van der Waals surface area (Å²) in [5.74, 6) is 1.49. The molecular weight excluding hydrogens is 447 g/mol. The minimum Gasteiger partial charge on any atom is -0.491 e. The first kappa shape index (κ1) is 24.5. The van der Waals surface area contributed by atoms with Crippen molar-refractivity contribution in [2.45, 2.75) is 6.92 Å². The van der Waals surface area contributed by atoms with E-state index in [2.05, 4.69) is 10.3 Å². The number of aryl methyl sites for hydroxylation is 1. The molecule has 148 valence electrons. The quantitative estimate of drug-likeness (QED) is 0.253. The number of likely N-dealkylation sites (N-methyl/N-ethyl adjacent to an activating group) is 2. The Morgan fingerprint density at radius 3 is 2.50 bits per heavy atom. The summed E-state index contributed by atoms with van der Waals surface area (Å²) in [6.07, 6.45) is 0. The van der Waals surface area contributed by atoms with Crippen molar-refractivity contribution in [3.8, 4) is 5.75 Å². The maximum atomic E-state index is 11.8. The van der Waals surface area contributed by atoms with E-state index in [0.717, 1.165) is 11.3 Å². The van der Waals surface area contributed by atoms with Crippen LogP contribution in [0.15, 0.2) is 29.3 Å². The van der Waals surface area contributed by atoms with Crippen molar-refractivity contribution in [1.29, 1.82) is 0 Å². The molecule has 0 saturated heterocycles. The van der Waals surface area contributed by atoms with Crippen LogP contribution in [0.1, 0.15) is 5.56 Å². The van der Waals surface area contributed by atoms with E-state index in [1.54, 1.807) is 21.2 Å². The number of amides is 1. The summed E-state index contributed by atoms with van der Waals surface area (Å²) in [5.41, 5.74) is 1.11. The Bertz CT molecular complexity index is 567. The molecule has 8 heteroatoms. The van der Waals surface area contributed by atoms with Crippen LogP contribution in [0.3, 0.4) is 0 Å². The van der Waals surface area contributed by atoms with Gasteiger partial charge >= 0.3 is 0 Å². The molecule has 0 spiro atoms. The van der Waals surface area contributed by atoms with Gasteiger partial charge in [0, 0.05) is 34.8 Å². The maximum Gasteiger partial charge on any atom is 0.243 e. The van der Waals surface area contributed by atoms with Crippen molar-refractivity contribution >= 4 is 35.8 Å². The lowest BCUT2D eigenvalue weighted by Gasteiger charge is -2.23. The number of aliphatic imine (C=N–C) groups is 1. The van der Waals surface area contributed by atoms with E-state index in [1.807, 2.05) is 43.1 Å². The van der Waals surface area contributed by atoms with Gasteiger partial charge in [0.05, 0.1) is 13.2 Å². The predicted molar refractivity (Wildman–Crippen MR) is 116 cm³/mol. The summed E-state index contributed by atoms with van der Waals surface area (Å²) in [5, 5.41) is 3.20. The summed E-state index contributed by atoms with van der Waals surface area (Å²) in [6, 6.07) is 7.92. The lowest BCUT2D eigenvalue weighted by atomic mass is 10.2. The third-order valence-electron chi connectivity index (χ3n) is 3.59. The van der Waals surface area contributed by atoms with Crippen LogP contribution >= 0.6 is 24.0 Å². The lowest BCUT2D eigenvalue weighted by Crippen LogP contribution is -2.42. The van der Waals surface area contributed by atoms with E-state index in [9.17, 15) is 4.79 Å². The first-order valence-electron chi connectivity index (χ1n) is 8.32. The van der Waals surface area contributed by atoms with E-state index >= 15 is 0 Å². The molecule has 0 radical (unpaired) electrons. The van der Waals surface area contributed by atoms with Gasteiger partial charge in [-0.05, 0) is 18.6 Å². The Morgan fingerprint density at radius 1 is 1.19 bits per heavy atom. The number of rotatable bonds is 9. The van der Waals surface area contributed by atoms with Gasteiger partial charge in [-0.2, -0.15) is 0 Å². The summed E-state index contributed by atoms with van der Waals surface area (Å²) in [7, 11) is 7.00. The van der Waals surface area contributed by atoms with Crippen molar-refractivity contribution < 1.29 is 14.3 Å². The van der Waals surface area contributed by atoms with Crippen LogP contribution in [0.5, 0.6) is 5.75 Å². The van der Waals surface area contributed by atoms with Crippen molar-refractivity contribution in [3.63, 3.8) is 0 Å². The molecule has 0 saturated carbocycles. The SMILES string of the molecule is COCCNC(=NCC(=O)N(C)C)N(C)CCOc1ccccc1C.I. The van der Waals surface area contributed by atoms with Gasteiger partial charge in [0.15, 0.2) is 5.96 Å². The van der Waals surface area contributed by atoms with Gasteiger partial charge in [0.25, 0.3) is 0 Å². The third kappa shape index (κ3) is 9.23. The average Bonchev–Trinajstić information content (AvgIpc) is 2.59. The van der Waals surface area contributed by atoms with Gasteiger partial charge < -0.3 is 24.6 Å². The number of ether oxygens (including phenoxy) is 2. The van der Waals surface area contributed by atoms with Gasteiger partial charge in [-0.25, -0.2) is 4.99 Å². The minimum atomic E-state index is -0.0457. The van der Waals surface area contributed by atoms with Crippen LogP contribution in [0.4, 0.5) is 0 Å². The molecule has 1 amide bonds. The minimum absolute atomic E-state index is 0. The molecule has 0 unspecified atom stereocenters. The molecular formula is C18H31IN4O3. The zero-order valence-corrected chi connectivity index (χ0v) is 18.6. The smallest absolute Gasteiger partial charge is 0.243 e. The fraction of sp³-hybridized carbons (Fsp3) is 0.556. The van der Waals surface area contributed by atoms with Crippen LogP contribution in [0, 0.1) is 6.92 Å². The fourth-order valence-corrected chi connectivity index (χ4v) is 1.98. The molecule has 0 aliphatic carbocycles. The van der Waals surface area contributed by atoms with Crippen LogP contribution in [-0.4, -0.2) is 82.8 Å². The average molecular weight is 478 g/mol. The number of guanidine groups is 1. The number of nitrogens with zero attached hydrogens (tertiary/aromatic N) is 3. The number of carbonyl (C=O) groups excluding carboxylic acids is 1. The monoisotopic (exact) mass is 478 g/mol. The van der Waals surface area contributed by atoms with E-state index in [4.69, 9.17) is 9.47 Å². The molecule has 1 aromatic rings. The highest BCUT2D eigenvalue weighted by Crippen LogP contribution is 2.15. The molecule has 0 aliphatic rings. The molecule has 0 heterocycles. The lowest BCUT2D eigenvalue weighted by molar-refractivity contribution is -0.127. The van der Waals surface area contributed by atoms with Gasteiger partial charge in [-0.15, -0.1) is 24.0 Å². The molecule has 0 bridgehead atoms. The fourth-order valence-electron chi connectivity index (χ4n) is 1.98. The Labute approximate surface area is 173 Å². The van der Waals surface area contributed by atoms with Gasteiger partial charge in [-0.3, -0.25) is 4.79 Å². The van der Waals surface area contributed by atoms with Crippen molar-refractivity contribution in [1.82, 2.24) is 15.1 Å². The van der Waals surface area contributed by atoms with Crippen molar-refractivity contribution in [2.24, 2.45) is 4.99 Å². The van der Waals surface area contributed by atoms with E-state index in [1.165, 1.54) is 4.90 Å². The third-order valence-corrected chi connectivity index (χ3v) is 3.59. The topological polar surface area (TPSA) is 66.4 Å². The summed E-state index contributed by atoms with van der Waals surface area (Å²) in [4.78, 5) is 19.6. The highest BCUT2D eigenvalue weighted by atomic mass is 127. The second-order valence-corrected chi connectivity index (χ2v) is 5.88. The number of hydrogen-bond donors (Lipinski definition) is 1. The molecule has 1 N–H and O–H groups in total. The van der Waals surface area contributed by atoms with Gasteiger partial charge in [-0.1, -0.05) is 18.2 Å². The van der Waals surface area contributed by atoms with Crippen LogP contribution in [-0.2, 0) is 9.53 Å². The highest BCUT2D eigenvalue weighted by molar-refractivity contribution is 14.0. The van der Waals surface area contributed by atoms with Crippen LogP contribution in [0.25, 0.3) is 0 Å². The normalized spacial score (nSPS) is 10.7. The number of para-hydroxylation sites is 1. The summed E-state index contributed by atoms with van der Waals surface area (Å²) >= 11 is 0. The second-order valence-electron chi connectivity index (χ2n) is 5.88. The Hall–Kier alpha value is -1.55.